The SMILES string of the molecule is CCCCCCCCCc1ccc(C(=O)Nc2cnc3ccccc3c2)cc1. The van der Waals surface area contributed by atoms with Gasteiger partial charge >= 0.3 is 0 Å². The molecular weight excluding hydrogens is 344 g/mol. The maximum absolute atomic E-state index is 12.5. The van der Waals surface area contributed by atoms with Crippen LogP contribution in [-0.2, 0) is 6.42 Å². The van der Waals surface area contributed by atoms with Crippen LogP contribution in [0.5, 0.6) is 0 Å². The maximum Gasteiger partial charge on any atom is 0.255 e. The van der Waals surface area contributed by atoms with Crippen molar-refractivity contribution < 1.29 is 4.79 Å². The van der Waals surface area contributed by atoms with Crippen LogP contribution >= 0.6 is 0 Å². The van der Waals surface area contributed by atoms with Crippen LogP contribution in [-0.4, -0.2) is 10.9 Å². The number of carbonyl (C=O) groups is 1. The third-order valence-electron chi connectivity index (χ3n) is 5.13. The summed E-state index contributed by atoms with van der Waals surface area (Å²) in [4.78, 5) is 16.9. The lowest BCUT2D eigenvalue weighted by Crippen LogP contribution is -2.12. The first-order chi connectivity index (χ1) is 13.8. The molecule has 0 saturated heterocycles. The third-order valence-corrected chi connectivity index (χ3v) is 5.13. The Balaban J connectivity index is 1.47. The number of nitrogens with zero attached hydrogens (tertiary/aromatic N) is 1. The van der Waals surface area contributed by atoms with Crippen molar-refractivity contribution in [2.75, 3.05) is 5.32 Å². The van der Waals surface area contributed by atoms with Gasteiger partial charge in [-0.1, -0.05) is 75.8 Å². The Kier molecular flexibility index (Phi) is 7.60. The fraction of sp³-hybridized carbons (Fsp3) is 0.360. The van der Waals surface area contributed by atoms with E-state index in [9.17, 15) is 4.79 Å². The minimum absolute atomic E-state index is 0.0976. The van der Waals surface area contributed by atoms with E-state index < -0.39 is 0 Å². The van der Waals surface area contributed by atoms with Crippen molar-refractivity contribution in [1.82, 2.24) is 4.98 Å². The summed E-state index contributed by atoms with van der Waals surface area (Å²) < 4.78 is 0. The van der Waals surface area contributed by atoms with Crippen LogP contribution in [0.25, 0.3) is 10.9 Å². The van der Waals surface area contributed by atoms with Gasteiger partial charge in [0.15, 0.2) is 0 Å². The first-order valence-corrected chi connectivity index (χ1v) is 10.5. The number of anilines is 1. The van der Waals surface area contributed by atoms with Crippen molar-refractivity contribution in [3.8, 4) is 0 Å². The summed E-state index contributed by atoms with van der Waals surface area (Å²) in [6.45, 7) is 2.25. The normalized spacial score (nSPS) is 10.9. The van der Waals surface area contributed by atoms with E-state index >= 15 is 0 Å². The first kappa shape index (κ1) is 20.1. The molecule has 0 atom stereocenters. The van der Waals surface area contributed by atoms with Gasteiger partial charge < -0.3 is 5.32 Å². The van der Waals surface area contributed by atoms with Gasteiger partial charge in [0.05, 0.1) is 17.4 Å². The van der Waals surface area contributed by atoms with Gasteiger partial charge in [-0.3, -0.25) is 9.78 Å². The molecule has 0 bridgehead atoms. The number of benzene rings is 2. The molecule has 3 aromatic rings. The van der Waals surface area contributed by atoms with Gasteiger partial charge in [-0.2, -0.15) is 0 Å². The molecule has 1 N–H and O–H groups in total. The molecule has 0 spiro atoms. The number of fused-ring (bicyclic) bond motifs is 1. The van der Waals surface area contributed by atoms with Crippen LogP contribution < -0.4 is 5.32 Å². The van der Waals surface area contributed by atoms with Crippen molar-refractivity contribution in [1.29, 1.82) is 0 Å². The van der Waals surface area contributed by atoms with Gasteiger partial charge in [-0.15, -0.1) is 0 Å². The summed E-state index contributed by atoms with van der Waals surface area (Å²) in [5, 5.41) is 3.96. The van der Waals surface area contributed by atoms with Crippen LogP contribution in [0.1, 0.15) is 67.8 Å². The number of aryl methyl sites for hydroxylation is 1. The summed E-state index contributed by atoms with van der Waals surface area (Å²) in [7, 11) is 0. The molecule has 0 radical (unpaired) electrons. The van der Waals surface area contributed by atoms with Crippen LogP contribution in [0.15, 0.2) is 60.8 Å². The second kappa shape index (κ2) is 10.6. The zero-order chi connectivity index (χ0) is 19.6. The number of carbonyl (C=O) groups excluding carboxylic acids is 1. The minimum atomic E-state index is -0.0976. The van der Waals surface area contributed by atoms with Crippen molar-refractivity contribution in [3.05, 3.63) is 71.9 Å². The largest absolute Gasteiger partial charge is 0.321 e. The van der Waals surface area contributed by atoms with E-state index in [0.717, 1.165) is 23.0 Å². The Bertz CT molecular complexity index is 886. The molecule has 2 aromatic carbocycles. The molecule has 0 aliphatic heterocycles. The second-order valence-corrected chi connectivity index (χ2v) is 7.44. The average molecular weight is 375 g/mol. The number of hydrogen-bond acceptors (Lipinski definition) is 2. The summed E-state index contributed by atoms with van der Waals surface area (Å²) in [5.74, 6) is -0.0976. The number of para-hydroxylation sites is 1. The second-order valence-electron chi connectivity index (χ2n) is 7.44. The smallest absolute Gasteiger partial charge is 0.255 e. The maximum atomic E-state index is 12.5. The highest BCUT2D eigenvalue weighted by Crippen LogP contribution is 2.17. The van der Waals surface area contributed by atoms with Crippen molar-refractivity contribution >= 4 is 22.5 Å². The van der Waals surface area contributed by atoms with E-state index in [1.807, 2.05) is 42.5 Å². The van der Waals surface area contributed by atoms with Gasteiger partial charge in [-0.25, -0.2) is 0 Å². The van der Waals surface area contributed by atoms with E-state index in [2.05, 4.69) is 29.4 Å². The molecule has 1 amide bonds. The van der Waals surface area contributed by atoms with Gasteiger partial charge in [0, 0.05) is 10.9 Å². The van der Waals surface area contributed by atoms with Gasteiger partial charge in [0.25, 0.3) is 5.91 Å². The molecule has 0 aliphatic carbocycles. The number of hydrogen-bond donors (Lipinski definition) is 1. The Morgan fingerprint density at radius 3 is 2.39 bits per heavy atom. The number of nitrogens with one attached hydrogen (secondary N) is 1. The van der Waals surface area contributed by atoms with Crippen LogP contribution in [0.4, 0.5) is 5.69 Å². The Hall–Kier alpha value is -2.68. The molecule has 0 aliphatic rings. The lowest BCUT2D eigenvalue weighted by atomic mass is 10.0. The van der Waals surface area contributed by atoms with E-state index in [0.29, 0.717) is 5.56 Å². The zero-order valence-electron chi connectivity index (χ0n) is 16.8. The van der Waals surface area contributed by atoms with E-state index in [1.165, 1.54) is 50.5 Å². The lowest BCUT2D eigenvalue weighted by Gasteiger charge is -2.07. The molecule has 3 rings (SSSR count). The fourth-order valence-corrected chi connectivity index (χ4v) is 3.45. The number of unbranched alkanes of at least 4 members (excludes halogenated alkanes) is 6. The molecule has 3 nitrogen and oxygen atoms in total. The summed E-state index contributed by atoms with van der Waals surface area (Å²) in [6.07, 6.45) is 12.0. The molecule has 0 unspecified atom stereocenters. The summed E-state index contributed by atoms with van der Waals surface area (Å²) in [6, 6.07) is 17.8. The van der Waals surface area contributed by atoms with Crippen LogP contribution in [0.3, 0.4) is 0 Å². The molecule has 0 saturated carbocycles. The molecule has 1 aromatic heterocycles. The lowest BCUT2D eigenvalue weighted by molar-refractivity contribution is 0.102. The standard InChI is InChI=1S/C25H30N2O/c1-2-3-4-5-6-7-8-11-20-14-16-21(17-15-20)25(28)27-23-18-22-12-9-10-13-24(22)26-19-23/h9-10,12-19H,2-8,11H2,1H3,(H,27,28). The molecule has 28 heavy (non-hydrogen) atoms. The predicted molar refractivity (Wildman–Crippen MR) is 118 cm³/mol. The molecule has 146 valence electrons. The highest BCUT2D eigenvalue weighted by atomic mass is 16.1. The predicted octanol–water partition coefficient (Wildman–Crippen LogP) is 6.78. The van der Waals surface area contributed by atoms with E-state index in [4.69, 9.17) is 0 Å². The first-order valence-electron chi connectivity index (χ1n) is 10.5. The fourth-order valence-electron chi connectivity index (χ4n) is 3.45. The number of rotatable bonds is 10. The Labute approximate surface area is 168 Å². The van der Waals surface area contributed by atoms with Crippen molar-refractivity contribution in [2.24, 2.45) is 0 Å². The van der Waals surface area contributed by atoms with Crippen LogP contribution in [0.2, 0.25) is 0 Å². The van der Waals surface area contributed by atoms with Crippen molar-refractivity contribution in [3.63, 3.8) is 0 Å². The number of amides is 1. The van der Waals surface area contributed by atoms with Crippen LogP contribution in [0, 0.1) is 0 Å². The topological polar surface area (TPSA) is 42.0 Å². The molecule has 0 fully saturated rings. The minimum Gasteiger partial charge on any atom is -0.321 e. The monoisotopic (exact) mass is 374 g/mol. The van der Waals surface area contributed by atoms with Gasteiger partial charge in [0.2, 0.25) is 0 Å². The number of aromatic nitrogens is 1. The summed E-state index contributed by atoms with van der Waals surface area (Å²) in [5.41, 5.74) is 3.63. The Morgan fingerprint density at radius 1 is 0.893 bits per heavy atom. The quantitative estimate of drug-likeness (QED) is 0.397. The van der Waals surface area contributed by atoms with E-state index in [1.54, 1.807) is 6.20 Å². The highest BCUT2D eigenvalue weighted by molar-refractivity contribution is 6.04. The molecular formula is C25H30N2O. The average Bonchev–Trinajstić information content (AvgIpc) is 2.73. The summed E-state index contributed by atoms with van der Waals surface area (Å²) >= 11 is 0. The van der Waals surface area contributed by atoms with Crippen molar-refractivity contribution in [2.45, 2.75) is 58.3 Å². The molecule has 1 heterocycles. The molecule has 3 heteroatoms. The Morgan fingerprint density at radius 2 is 1.61 bits per heavy atom. The third kappa shape index (κ3) is 5.91. The zero-order valence-corrected chi connectivity index (χ0v) is 16.8. The highest BCUT2D eigenvalue weighted by Gasteiger charge is 2.07. The van der Waals surface area contributed by atoms with Gasteiger partial charge in [-0.05, 0) is 42.7 Å². The number of pyridine rings is 1. The van der Waals surface area contributed by atoms with E-state index in [-0.39, 0.29) is 5.91 Å². The van der Waals surface area contributed by atoms with Gasteiger partial charge in [0.1, 0.15) is 0 Å².